The number of aromatic nitrogens is 2. The molecule has 0 aliphatic heterocycles. The van der Waals surface area contributed by atoms with Crippen LogP contribution in [0.2, 0.25) is 5.02 Å². The van der Waals surface area contributed by atoms with E-state index in [1.165, 1.54) is 31.2 Å². The predicted molar refractivity (Wildman–Crippen MR) is 105 cm³/mol. The van der Waals surface area contributed by atoms with E-state index in [9.17, 15) is 36.2 Å². The molecule has 2 aromatic rings. The lowest BCUT2D eigenvalue weighted by molar-refractivity contribution is -0.154. The topological polar surface area (TPSA) is 84.3 Å². The van der Waals surface area contributed by atoms with Crippen LogP contribution in [0.5, 0.6) is 5.88 Å². The van der Waals surface area contributed by atoms with Gasteiger partial charge in [0.1, 0.15) is 5.69 Å². The van der Waals surface area contributed by atoms with Gasteiger partial charge in [-0.2, -0.15) is 26.3 Å². The zero-order chi connectivity index (χ0) is 24.6. The number of alkyl halides is 6. The van der Waals surface area contributed by atoms with E-state index in [-0.39, 0.29) is 23.0 Å². The van der Waals surface area contributed by atoms with Crippen molar-refractivity contribution in [2.75, 3.05) is 13.2 Å². The number of carbonyl (C=O) groups is 1. The molecule has 1 aromatic heterocycles. The molecule has 1 amide bonds. The van der Waals surface area contributed by atoms with Gasteiger partial charge in [0.2, 0.25) is 5.88 Å². The highest BCUT2D eigenvalue weighted by atomic mass is 35.5. The van der Waals surface area contributed by atoms with Crippen LogP contribution in [0.25, 0.3) is 11.3 Å². The molecule has 0 radical (unpaired) electrons. The van der Waals surface area contributed by atoms with Crippen LogP contribution in [0.4, 0.5) is 26.3 Å². The Morgan fingerprint density at radius 3 is 2.42 bits per heavy atom. The maximum absolute atomic E-state index is 13.6. The largest absolute Gasteiger partial charge is 0.466 e. The first-order valence-electron chi connectivity index (χ1n) is 9.63. The minimum absolute atomic E-state index is 0.0140. The first-order chi connectivity index (χ1) is 15.2. The third kappa shape index (κ3) is 6.47. The molecule has 0 saturated heterocycles. The zero-order valence-corrected chi connectivity index (χ0v) is 17.8. The molecule has 1 aliphatic carbocycles. The molecule has 1 atom stereocenters. The van der Waals surface area contributed by atoms with Crippen LogP contribution in [0.1, 0.15) is 35.9 Å². The molecule has 1 aromatic carbocycles. The Bertz CT molecular complexity index is 1040. The first-order valence-corrected chi connectivity index (χ1v) is 10.0. The van der Waals surface area contributed by atoms with E-state index >= 15 is 0 Å². The smallest absolute Gasteiger partial charge is 0.435 e. The van der Waals surface area contributed by atoms with Gasteiger partial charge in [-0.25, -0.2) is 9.97 Å². The molecule has 1 unspecified atom stereocenters. The Morgan fingerprint density at radius 2 is 1.88 bits per heavy atom. The highest BCUT2D eigenvalue weighted by Crippen LogP contribution is 2.39. The maximum Gasteiger partial charge on any atom is 0.435 e. The highest BCUT2D eigenvalue weighted by molar-refractivity contribution is 6.30. The molecule has 1 aliphatic rings. The molecule has 1 fully saturated rings. The summed E-state index contributed by atoms with van der Waals surface area (Å²) in [5, 5.41) is 12.6. The Labute approximate surface area is 188 Å². The lowest BCUT2D eigenvalue weighted by Gasteiger charge is -2.23. The van der Waals surface area contributed by atoms with Crippen molar-refractivity contribution in [3.63, 3.8) is 0 Å². The molecule has 3 rings (SSSR count). The van der Waals surface area contributed by atoms with Crippen LogP contribution in [0.15, 0.2) is 24.3 Å². The molecular formula is C20H18ClF6N3O3. The lowest BCUT2D eigenvalue weighted by Crippen LogP contribution is -2.43. The molecule has 180 valence electrons. The summed E-state index contributed by atoms with van der Waals surface area (Å²) >= 11 is 5.88. The molecular weight excluding hydrogens is 480 g/mol. The second kappa shape index (κ2) is 8.98. The van der Waals surface area contributed by atoms with Gasteiger partial charge < -0.3 is 15.2 Å². The second-order valence-electron chi connectivity index (χ2n) is 7.80. The normalized spacial score (nSPS) is 16.3. The van der Waals surface area contributed by atoms with Gasteiger partial charge in [-0.1, -0.05) is 23.7 Å². The van der Waals surface area contributed by atoms with Gasteiger partial charge in [-0.15, -0.1) is 0 Å². The number of hydrogen-bond donors (Lipinski definition) is 2. The Balaban J connectivity index is 2.06. The summed E-state index contributed by atoms with van der Waals surface area (Å²) < 4.78 is 83.4. The molecule has 33 heavy (non-hydrogen) atoms. The monoisotopic (exact) mass is 497 g/mol. The van der Waals surface area contributed by atoms with Gasteiger partial charge in [-0.05, 0) is 37.8 Å². The van der Waals surface area contributed by atoms with Crippen molar-refractivity contribution in [1.82, 2.24) is 15.3 Å². The minimum atomic E-state index is -5.23. The zero-order valence-electron chi connectivity index (χ0n) is 17.0. The SMILES string of the molecule is CC(O)(CNC(=O)c1nc(-c2cccc(Cl)c2)c(OCC(F)(F)F)nc1C(F)(F)F)C1CC1. The number of halogens is 7. The highest BCUT2D eigenvalue weighted by Gasteiger charge is 2.43. The number of rotatable bonds is 7. The average molecular weight is 498 g/mol. The van der Waals surface area contributed by atoms with Crippen molar-refractivity contribution in [2.24, 2.45) is 5.92 Å². The van der Waals surface area contributed by atoms with Crippen LogP contribution in [0.3, 0.4) is 0 Å². The van der Waals surface area contributed by atoms with Crippen molar-refractivity contribution in [2.45, 2.75) is 37.7 Å². The van der Waals surface area contributed by atoms with Crippen LogP contribution in [0, 0.1) is 5.92 Å². The predicted octanol–water partition coefficient (Wildman–Crippen LogP) is 4.65. The van der Waals surface area contributed by atoms with E-state index in [1.807, 2.05) is 0 Å². The Morgan fingerprint density at radius 1 is 1.21 bits per heavy atom. The summed E-state index contributed by atoms with van der Waals surface area (Å²) in [7, 11) is 0. The molecule has 2 N–H and O–H groups in total. The van der Waals surface area contributed by atoms with E-state index in [2.05, 4.69) is 20.0 Å². The minimum Gasteiger partial charge on any atom is -0.466 e. The quantitative estimate of drug-likeness (QED) is 0.544. The number of nitrogens with zero attached hydrogens (tertiary/aromatic N) is 2. The van der Waals surface area contributed by atoms with Crippen molar-refractivity contribution >= 4 is 17.5 Å². The third-order valence-electron chi connectivity index (χ3n) is 4.88. The standard InChI is InChI=1S/C20H18ClF6N3O3/c1-18(32,11-5-6-11)8-28-16(31)14-15(20(25,26)27)30-17(33-9-19(22,23)24)13(29-14)10-3-2-4-12(21)7-10/h2-4,7,11,32H,5-6,8-9H2,1H3,(H,28,31). The van der Waals surface area contributed by atoms with Crippen molar-refractivity contribution in [1.29, 1.82) is 0 Å². The van der Waals surface area contributed by atoms with Gasteiger partial charge in [0.15, 0.2) is 18.0 Å². The van der Waals surface area contributed by atoms with Gasteiger partial charge in [0.05, 0.1) is 5.60 Å². The van der Waals surface area contributed by atoms with Crippen LogP contribution < -0.4 is 10.1 Å². The lowest BCUT2D eigenvalue weighted by atomic mass is 10.0. The summed E-state index contributed by atoms with van der Waals surface area (Å²) in [6, 6.07) is 5.34. The van der Waals surface area contributed by atoms with E-state index in [1.54, 1.807) is 0 Å². The summed E-state index contributed by atoms with van der Waals surface area (Å²) in [5.41, 5.74) is -4.89. The fourth-order valence-corrected chi connectivity index (χ4v) is 3.23. The van der Waals surface area contributed by atoms with Gasteiger partial charge in [0.25, 0.3) is 5.91 Å². The van der Waals surface area contributed by atoms with Gasteiger partial charge in [0, 0.05) is 17.1 Å². The summed E-state index contributed by atoms with van der Waals surface area (Å²) in [6.45, 7) is -0.844. The number of hydrogen-bond acceptors (Lipinski definition) is 5. The molecule has 0 spiro atoms. The first kappa shape index (κ1) is 25.0. The summed E-state index contributed by atoms with van der Waals surface area (Å²) in [5.74, 6) is -2.48. The van der Waals surface area contributed by atoms with Crippen LogP contribution in [-0.4, -0.2) is 45.9 Å². The second-order valence-corrected chi connectivity index (χ2v) is 8.24. The number of amides is 1. The Kier molecular flexibility index (Phi) is 6.81. The third-order valence-corrected chi connectivity index (χ3v) is 5.12. The Hall–Kier alpha value is -2.60. The molecule has 13 heteroatoms. The summed E-state index contributed by atoms with van der Waals surface area (Å²) in [4.78, 5) is 19.5. The van der Waals surface area contributed by atoms with Crippen molar-refractivity contribution < 1.29 is 41.0 Å². The molecule has 0 bridgehead atoms. The van der Waals surface area contributed by atoms with Crippen molar-refractivity contribution in [3.8, 4) is 17.1 Å². The number of ether oxygens (including phenoxy) is 1. The number of aliphatic hydroxyl groups is 1. The number of benzene rings is 1. The maximum atomic E-state index is 13.6. The molecule has 1 saturated carbocycles. The van der Waals surface area contributed by atoms with E-state index in [0.717, 1.165) is 0 Å². The number of carbonyl (C=O) groups excluding carboxylic acids is 1. The molecule has 1 heterocycles. The van der Waals surface area contributed by atoms with E-state index in [4.69, 9.17) is 11.6 Å². The number of nitrogens with one attached hydrogen (secondary N) is 1. The average Bonchev–Trinajstić information content (AvgIpc) is 3.54. The van der Waals surface area contributed by atoms with E-state index < -0.39 is 53.4 Å². The van der Waals surface area contributed by atoms with Gasteiger partial charge in [-0.3, -0.25) is 4.79 Å². The van der Waals surface area contributed by atoms with Crippen LogP contribution >= 0.6 is 11.6 Å². The summed E-state index contributed by atoms with van der Waals surface area (Å²) in [6.07, 6.45) is -8.68. The molecule has 6 nitrogen and oxygen atoms in total. The van der Waals surface area contributed by atoms with Gasteiger partial charge >= 0.3 is 12.4 Å². The van der Waals surface area contributed by atoms with Crippen molar-refractivity contribution in [3.05, 3.63) is 40.7 Å². The van der Waals surface area contributed by atoms with Crippen LogP contribution in [-0.2, 0) is 6.18 Å². The fraction of sp³-hybridized carbons (Fsp3) is 0.450. The van der Waals surface area contributed by atoms with E-state index in [0.29, 0.717) is 12.8 Å². The fourth-order valence-electron chi connectivity index (χ4n) is 3.04.